The lowest BCUT2D eigenvalue weighted by atomic mass is 10.0. The number of carbonyl (C=O) groups excluding carboxylic acids is 1. The molecule has 2 aromatic carbocycles. The highest BCUT2D eigenvalue weighted by Crippen LogP contribution is 2.33. The van der Waals surface area contributed by atoms with Crippen molar-refractivity contribution < 1.29 is 22.0 Å². The molecular weight excluding hydrogens is 458 g/mol. The number of hydrogen-bond acceptors (Lipinski definition) is 6. The molecule has 0 saturated carbocycles. The molecule has 2 heterocycles. The van der Waals surface area contributed by atoms with Crippen LogP contribution in [-0.4, -0.2) is 41.9 Å². The highest BCUT2D eigenvalue weighted by Gasteiger charge is 2.33. The maximum atomic E-state index is 13.7. The third-order valence-electron chi connectivity index (χ3n) is 5.24. The topological polar surface area (TPSA) is 92.3 Å². The van der Waals surface area contributed by atoms with E-state index in [2.05, 4.69) is 15.5 Å². The number of benzene rings is 2. The molecule has 1 N–H and O–H groups in total. The van der Waals surface area contributed by atoms with Gasteiger partial charge in [-0.15, -0.1) is 10.2 Å². The molecule has 1 saturated heterocycles. The average molecular weight is 479 g/mol. The summed E-state index contributed by atoms with van der Waals surface area (Å²) in [4.78, 5) is 12.4. The minimum Gasteiger partial charge on any atom is -0.320 e. The van der Waals surface area contributed by atoms with Crippen LogP contribution in [0.4, 0.5) is 14.5 Å². The van der Waals surface area contributed by atoms with Gasteiger partial charge in [-0.05, 0) is 61.7 Å². The van der Waals surface area contributed by atoms with Crippen molar-refractivity contribution in [2.24, 2.45) is 0 Å². The zero-order chi connectivity index (χ0) is 22.9. The van der Waals surface area contributed by atoms with E-state index in [-0.39, 0.29) is 22.4 Å². The van der Waals surface area contributed by atoms with Crippen LogP contribution >= 0.6 is 11.3 Å². The van der Waals surface area contributed by atoms with Crippen LogP contribution in [0.15, 0.2) is 47.4 Å². The Morgan fingerprint density at radius 3 is 2.59 bits per heavy atom. The molecule has 1 aliphatic heterocycles. The summed E-state index contributed by atoms with van der Waals surface area (Å²) < 4.78 is 54.3. The Kier molecular flexibility index (Phi) is 6.31. The molecule has 0 bridgehead atoms. The summed E-state index contributed by atoms with van der Waals surface area (Å²) in [6, 6.07) is 9.06. The molecule has 1 atom stereocenters. The molecule has 7 nitrogen and oxygen atoms in total. The minimum atomic E-state index is -3.87. The normalized spacial score (nSPS) is 17.3. The standard InChI is InChI=1S/C21H20F2N4O3S2/c1-13-4-5-16(23)11-18(13)32(29,30)27-10-2-3-14(12-27)20-25-26-21(31-20)19(28)24-17-8-6-15(22)7-9-17/h4-9,11,14H,2-3,10,12H2,1H3,(H,24,28)/t14-/m0/s1. The lowest BCUT2D eigenvalue weighted by Crippen LogP contribution is -2.39. The van der Waals surface area contributed by atoms with E-state index in [0.29, 0.717) is 35.6 Å². The molecule has 1 amide bonds. The average Bonchev–Trinajstić information content (AvgIpc) is 3.28. The van der Waals surface area contributed by atoms with E-state index in [1.807, 2.05) is 0 Å². The van der Waals surface area contributed by atoms with Crippen molar-refractivity contribution in [1.82, 2.24) is 14.5 Å². The van der Waals surface area contributed by atoms with Crippen LogP contribution in [0.25, 0.3) is 0 Å². The summed E-state index contributed by atoms with van der Waals surface area (Å²) in [7, 11) is -3.87. The van der Waals surface area contributed by atoms with E-state index in [9.17, 15) is 22.0 Å². The quantitative estimate of drug-likeness (QED) is 0.600. The van der Waals surface area contributed by atoms with Crippen LogP contribution in [0.5, 0.6) is 0 Å². The Labute approximate surface area is 188 Å². The second-order valence-corrected chi connectivity index (χ2v) is 10.4. The summed E-state index contributed by atoms with van der Waals surface area (Å²) in [6.07, 6.45) is 1.30. The van der Waals surface area contributed by atoms with Crippen molar-refractivity contribution in [2.75, 3.05) is 18.4 Å². The second-order valence-electron chi connectivity index (χ2n) is 7.52. The van der Waals surface area contributed by atoms with Gasteiger partial charge < -0.3 is 5.32 Å². The van der Waals surface area contributed by atoms with Gasteiger partial charge in [0, 0.05) is 24.7 Å². The third kappa shape index (κ3) is 4.69. The Morgan fingerprint density at radius 1 is 1.12 bits per heavy atom. The first-order chi connectivity index (χ1) is 15.2. The van der Waals surface area contributed by atoms with Crippen LogP contribution in [0, 0.1) is 18.6 Å². The number of anilines is 1. The van der Waals surface area contributed by atoms with Crippen LogP contribution in [0.2, 0.25) is 0 Å². The maximum Gasteiger partial charge on any atom is 0.286 e. The van der Waals surface area contributed by atoms with Gasteiger partial charge in [-0.1, -0.05) is 17.4 Å². The van der Waals surface area contributed by atoms with Gasteiger partial charge in [-0.2, -0.15) is 4.31 Å². The van der Waals surface area contributed by atoms with E-state index in [0.717, 1.165) is 17.4 Å². The van der Waals surface area contributed by atoms with Crippen molar-refractivity contribution in [3.63, 3.8) is 0 Å². The van der Waals surface area contributed by atoms with E-state index < -0.39 is 27.6 Å². The number of carbonyl (C=O) groups is 1. The summed E-state index contributed by atoms with van der Waals surface area (Å²) >= 11 is 1.09. The monoisotopic (exact) mass is 478 g/mol. The molecule has 168 valence electrons. The molecule has 0 spiro atoms. The zero-order valence-electron chi connectivity index (χ0n) is 17.1. The minimum absolute atomic E-state index is 0.0465. The molecule has 1 aromatic heterocycles. The molecule has 1 aliphatic rings. The van der Waals surface area contributed by atoms with E-state index in [1.165, 1.54) is 40.7 Å². The smallest absolute Gasteiger partial charge is 0.286 e. The summed E-state index contributed by atoms with van der Waals surface area (Å²) in [6.45, 7) is 2.13. The van der Waals surface area contributed by atoms with Crippen LogP contribution in [-0.2, 0) is 10.0 Å². The lowest BCUT2D eigenvalue weighted by Gasteiger charge is -2.31. The van der Waals surface area contributed by atoms with Crippen molar-refractivity contribution in [3.05, 3.63) is 69.7 Å². The highest BCUT2D eigenvalue weighted by atomic mass is 32.2. The summed E-state index contributed by atoms with van der Waals surface area (Å²) in [5, 5.41) is 11.4. The lowest BCUT2D eigenvalue weighted by molar-refractivity contribution is 0.102. The van der Waals surface area contributed by atoms with Crippen LogP contribution in [0.3, 0.4) is 0 Å². The van der Waals surface area contributed by atoms with Gasteiger partial charge >= 0.3 is 0 Å². The predicted molar refractivity (Wildman–Crippen MR) is 116 cm³/mol. The SMILES string of the molecule is Cc1ccc(F)cc1S(=O)(=O)N1CCC[C@H](c2nnc(C(=O)Nc3ccc(F)cc3)s2)C1. The van der Waals surface area contributed by atoms with Crippen molar-refractivity contribution >= 4 is 33.0 Å². The van der Waals surface area contributed by atoms with E-state index in [1.54, 1.807) is 6.92 Å². The van der Waals surface area contributed by atoms with Crippen molar-refractivity contribution in [1.29, 1.82) is 0 Å². The molecule has 0 aliphatic carbocycles. The Hall–Kier alpha value is -2.76. The fourth-order valence-electron chi connectivity index (χ4n) is 3.56. The molecule has 1 fully saturated rings. The Balaban J connectivity index is 1.49. The molecule has 11 heteroatoms. The number of aryl methyl sites for hydroxylation is 1. The first kappa shape index (κ1) is 22.4. The fourth-order valence-corrected chi connectivity index (χ4v) is 6.19. The zero-order valence-corrected chi connectivity index (χ0v) is 18.7. The van der Waals surface area contributed by atoms with E-state index in [4.69, 9.17) is 0 Å². The first-order valence-electron chi connectivity index (χ1n) is 9.90. The molecule has 3 aromatic rings. The number of sulfonamides is 1. The van der Waals surface area contributed by atoms with E-state index >= 15 is 0 Å². The third-order valence-corrected chi connectivity index (χ3v) is 8.33. The maximum absolute atomic E-state index is 13.7. The number of rotatable bonds is 5. The number of piperidine rings is 1. The van der Waals surface area contributed by atoms with Crippen molar-refractivity contribution in [3.8, 4) is 0 Å². The highest BCUT2D eigenvalue weighted by molar-refractivity contribution is 7.89. The molecule has 0 radical (unpaired) electrons. The number of halogens is 2. The van der Waals surface area contributed by atoms with Gasteiger partial charge in [0.05, 0.1) is 4.90 Å². The van der Waals surface area contributed by atoms with Gasteiger partial charge in [0.15, 0.2) is 0 Å². The van der Waals surface area contributed by atoms with Crippen LogP contribution in [0.1, 0.15) is 39.1 Å². The predicted octanol–water partition coefficient (Wildman–Crippen LogP) is 3.95. The van der Waals surface area contributed by atoms with Crippen molar-refractivity contribution in [2.45, 2.75) is 30.6 Å². The molecule has 0 unspecified atom stereocenters. The number of nitrogens with zero attached hydrogens (tertiary/aromatic N) is 3. The Bertz CT molecular complexity index is 1250. The molecular formula is C21H20F2N4O3S2. The van der Waals surface area contributed by atoms with Gasteiger partial charge in [-0.25, -0.2) is 17.2 Å². The van der Waals surface area contributed by atoms with Gasteiger partial charge in [0.1, 0.15) is 16.6 Å². The van der Waals surface area contributed by atoms with Gasteiger partial charge in [0.2, 0.25) is 15.0 Å². The van der Waals surface area contributed by atoms with Gasteiger partial charge in [-0.3, -0.25) is 4.79 Å². The fraction of sp³-hybridized carbons (Fsp3) is 0.286. The summed E-state index contributed by atoms with van der Waals surface area (Å²) in [5.41, 5.74) is 0.901. The van der Waals surface area contributed by atoms with Gasteiger partial charge in [0.25, 0.3) is 5.91 Å². The number of hydrogen-bond donors (Lipinski definition) is 1. The van der Waals surface area contributed by atoms with Crippen LogP contribution < -0.4 is 5.32 Å². The first-order valence-corrected chi connectivity index (χ1v) is 12.2. The largest absolute Gasteiger partial charge is 0.320 e. The number of amides is 1. The number of nitrogens with one attached hydrogen (secondary N) is 1. The Morgan fingerprint density at radius 2 is 1.84 bits per heavy atom. The second kappa shape index (κ2) is 9.00. The molecule has 4 rings (SSSR count). The summed E-state index contributed by atoms with van der Waals surface area (Å²) in [5.74, 6) is -1.72. The number of aromatic nitrogens is 2. The molecule has 32 heavy (non-hydrogen) atoms.